The van der Waals surface area contributed by atoms with Gasteiger partial charge >= 0.3 is 0 Å². The molecule has 15 heavy (non-hydrogen) atoms. The third-order valence-corrected chi connectivity index (χ3v) is 3.48. The number of benzene rings is 1. The Morgan fingerprint density at radius 2 is 2.40 bits per heavy atom. The Morgan fingerprint density at radius 1 is 1.53 bits per heavy atom. The molecule has 0 radical (unpaired) electrons. The Hall–Kier alpha value is -0.650. The molecule has 1 unspecified atom stereocenters. The van der Waals surface area contributed by atoms with Crippen LogP contribution in [0, 0.1) is 0 Å². The lowest BCUT2D eigenvalue weighted by atomic mass is 10.2. The number of halogens is 1. The average Bonchev–Trinajstić information content (AvgIpc) is 2.74. The summed E-state index contributed by atoms with van der Waals surface area (Å²) in [6.45, 7) is 0.292. The van der Waals surface area contributed by atoms with Gasteiger partial charge in [0.1, 0.15) is 12.4 Å². The molecule has 0 bridgehead atoms. The van der Waals surface area contributed by atoms with Crippen molar-refractivity contribution in [2.45, 2.75) is 6.10 Å². The van der Waals surface area contributed by atoms with Crippen LogP contribution in [0.1, 0.15) is 0 Å². The first-order valence-corrected chi connectivity index (χ1v) is 6.41. The lowest BCUT2D eigenvalue weighted by molar-refractivity contribution is 0.128. The molecule has 80 valence electrons. The van der Waals surface area contributed by atoms with Crippen LogP contribution >= 0.6 is 27.5 Å². The number of fused-ring (bicyclic) bond motifs is 1. The molecule has 1 aromatic carbocycles. The van der Waals surface area contributed by atoms with Crippen molar-refractivity contribution in [3.8, 4) is 5.75 Å². The molecule has 0 aliphatic heterocycles. The van der Waals surface area contributed by atoms with E-state index < -0.39 is 6.10 Å². The minimum Gasteiger partial charge on any atom is -0.490 e. The SMILES string of the molecule is OC(CBr)COc1cccc2sncc12. The van der Waals surface area contributed by atoms with Gasteiger partial charge in [-0.3, -0.25) is 0 Å². The van der Waals surface area contributed by atoms with E-state index in [-0.39, 0.29) is 0 Å². The number of ether oxygens (including phenoxy) is 1. The summed E-state index contributed by atoms with van der Waals surface area (Å²) in [4.78, 5) is 0. The van der Waals surface area contributed by atoms with Gasteiger partial charge in [-0.05, 0) is 23.7 Å². The number of aliphatic hydroxyl groups excluding tert-OH is 1. The van der Waals surface area contributed by atoms with Crippen molar-refractivity contribution in [1.29, 1.82) is 0 Å². The molecule has 2 aromatic rings. The van der Waals surface area contributed by atoms with Crippen LogP contribution in [0.3, 0.4) is 0 Å². The molecular weight excluding hydrogens is 278 g/mol. The number of aromatic nitrogens is 1. The highest BCUT2D eigenvalue weighted by Gasteiger charge is 2.06. The molecule has 1 N–H and O–H groups in total. The summed E-state index contributed by atoms with van der Waals surface area (Å²) in [5.74, 6) is 0.779. The first-order chi connectivity index (χ1) is 7.31. The predicted octanol–water partition coefficient (Wildman–Crippen LogP) is 2.43. The van der Waals surface area contributed by atoms with Crippen LogP contribution in [-0.4, -0.2) is 27.5 Å². The fourth-order valence-corrected chi connectivity index (χ4v) is 2.07. The zero-order chi connectivity index (χ0) is 10.7. The number of rotatable bonds is 4. The van der Waals surface area contributed by atoms with E-state index in [9.17, 15) is 5.11 Å². The molecule has 0 aliphatic carbocycles. The fraction of sp³-hybridized carbons (Fsp3) is 0.300. The molecule has 3 nitrogen and oxygen atoms in total. The minimum absolute atomic E-state index is 0.292. The maximum Gasteiger partial charge on any atom is 0.129 e. The Balaban J connectivity index is 2.17. The zero-order valence-corrected chi connectivity index (χ0v) is 10.3. The molecule has 0 saturated carbocycles. The Kier molecular flexibility index (Phi) is 3.56. The van der Waals surface area contributed by atoms with Gasteiger partial charge < -0.3 is 9.84 Å². The summed E-state index contributed by atoms with van der Waals surface area (Å²) >= 11 is 4.63. The number of nitrogens with zero attached hydrogens (tertiary/aromatic N) is 1. The van der Waals surface area contributed by atoms with Gasteiger partial charge in [-0.25, -0.2) is 0 Å². The summed E-state index contributed by atoms with van der Waals surface area (Å²) in [7, 11) is 0. The smallest absolute Gasteiger partial charge is 0.129 e. The van der Waals surface area contributed by atoms with Gasteiger partial charge in [-0.1, -0.05) is 22.0 Å². The molecule has 1 atom stereocenters. The van der Waals surface area contributed by atoms with Crippen molar-refractivity contribution < 1.29 is 9.84 Å². The largest absolute Gasteiger partial charge is 0.490 e. The summed E-state index contributed by atoms with van der Waals surface area (Å²) in [6.07, 6.45) is 1.31. The summed E-state index contributed by atoms with van der Waals surface area (Å²) in [6, 6.07) is 5.81. The van der Waals surface area contributed by atoms with Crippen LogP contribution in [0.15, 0.2) is 24.4 Å². The lowest BCUT2D eigenvalue weighted by Gasteiger charge is -2.10. The van der Waals surface area contributed by atoms with Crippen molar-refractivity contribution in [3.05, 3.63) is 24.4 Å². The second-order valence-corrected chi connectivity index (χ2v) is 4.59. The molecule has 0 fully saturated rings. The van der Waals surface area contributed by atoms with Gasteiger partial charge in [-0.15, -0.1) is 0 Å². The van der Waals surface area contributed by atoms with E-state index in [4.69, 9.17) is 4.74 Å². The normalized spacial score (nSPS) is 12.9. The maximum atomic E-state index is 9.36. The number of aliphatic hydroxyl groups is 1. The van der Waals surface area contributed by atoms with Gasteiger partial charge in [0.2, 0.25) is 0 Å². The van der Waals surface area contributed by atoms with Crippen LogP contribution in [0.25, 0.3) is 10.1 Å². The highest BCUT2D eigenvalue weighted by atomic mass is 79.9. The number of hydrogen-bond acceptors (Lipinski definition) is 4. The summed E-state index contributed by atoms with van der Waals surface area (Å²) in [5.41, 5.74) is 0. The first-order valence-electron chi connectivity index (χ1n) is 4.51. The predicted molar refractivity (Wildman–Crippen MR) is 64.9 cm³/mol. The van der Waals surface area contributed by atoms with E-state index in [0.29, 0.717) is 11.9 Å². The van der Waals surface area contributed by atoms with Gasteiger partial charge in [0, 0.05) is 5.33 Å². The topological polar surface area (TPSA) is 42.4 Å². The molecule has 0 spiro atoms. The van der Waals surface area contributed by atoms with E-state index in [2.05, 4.69) is 20.3 Å². The van der Waals surface area contributed by atoms with Crippen molar-refractivity contribution in [2.24, 2.45) is 0 Å². The van der Waals surface area contributed by atoms with Gasteiger partial charge in [0.05, 0.1) is 22.4 Å². The monoisotopic (exact) mass is 287 g/mol. The second-order valence-electron chi connectivity index (χ2n) is 3.11. The first kappa shape index (κ1) is 10.9. The molecule has 1 heterocycles. The van der Waals surface area contributed by atoms with Crippen molar-refractivity contribution in [2.75, 3.05) is 11.9 Å². The van der Waals surface area contributed by atoms with Crippen LogP contribution < -0.4 is 4.74 Å². The third kappa shape index (κ3) is 2.48. The van der Waals surface area contributed by atoms with Crippen LogP contribution in [0.4, 0.5) is 0 Å². The summed E-state index contributed by atoms with van der Waals surface area (Å²) < 4.78 is 10.7. The van der Waals surface area contributed by atoms with E-state index >= 15 is 0 Å². The van der Waals surface area contributed by atoms with E-state index in [1.807, 2.05) is 18.2 Å². The van der Waals surface area contributed by atoms with E-state index in [1.54, 1.807) is 6.20 Å². The van der Waals surface area contributed by atoms with E-state index in [0.717, 1.165) is 15.8 Å². The molecule has 0 saturated heterocycles. The molecule has 0 amide bonds. The minimum atomic E-state index is -0.480. The van der Waals surface area contributed by atoms with Crippen molar-refractivity contribution >= 4 is 37.5 Å². The van der Waals surface area contributed by atoms with Gasteiger partial charge in [0.25, 0.3) is 0 Å². The highest BCUT2D eigenvalue weighted by Crippen LogP contribution is 2.27. The lowest BCUT2D eigenvalue weighted by Crippen LogP contribution is -2.18. The van der Waals surface area contributed by atoms with Crippen molar-refractivity contribution in [3.63, 3.8) is 0 Å². The third-order valence-electron chi connectivity index (χ3n) is 1.97. The molecule has 1 aromatic heterocycles. The Bertz CT molecular complexity index is 446. The Morgan fingerprint density at radius 3 is 3.20 bits per heavy atom. The average molecular weight is 288 g/mol. The second kappa shape index (κ2) is 4.92. The zero-order valence-electron chi connectivity index (χ0n) is 7.89. The fourth-order valence-electron chi connectivity index (χ4n) is 1.22. The number of hydrogen-bond donors (Lipinski definition) is 1. The molecule has 2 rings (SSSR count). The quantitative estimate of drug-likeness (QED) is 0.879. The van der Waals surface area contributed by atoms with Crippen LogP contribution in [0.2, 0.25) is 0 Å². The molecular formula is C10H10BrNO2S. The van der Waals surface area contributed by atoms with Crippen molar-refractivity contribution in [1.82, 2.24) is 4.37 Å². The van der Waals surface area contributed by atoms with E-state index in [1.165, 1.54) is 11.5 Å². The highest BCUT2D eigenvalue weighted by molar-refractivity contribution is 9.09. The molecule has 5 heteroatoms. The maximum absolute atomic E-state index is 9.36. The number of alkyl halides is 1. The van der Waals surface area contributed by atoms with Crippen LogP contribution in [0.5, 0.6) is 5.75 Å². The summed E-state index contributed by atoms with van der Waals surface area (Å²) in [5, 5.41) is 10.9. The standard InChI is InChI=1S/C10H10BrNO2S/c11-4-7(13)6-14-9-2-1-3-10-8(9)5-12-15-10/h1-3,5,7,13H,4,6H2. The van der Waals surface area contributed by atoms with Gasteiger partial charge in [0.15, 0.2) is 0 Å². The van der Waals surface area contributed by atoms with Gasteiger partial charge in [-0.2, -0.15) is 4.37 Å². The van der Waals surface area contributed by atoms with Crippen LogP contribution in [-0.2, 0) is 0 Å². The Labute approximate surface area is 100.0 Å². The molecule has 0 aliphatic rings.